The van der Waals surface area contributed by atoms with Crippen molar-refractivity contribution in [3.63, 3.8) is 0 Å². The zero-order chi connectivity index (χ0) is 15.1. The van der Waals surface area contributed by atoms with Gasteiger partial charge in [-0.1, -0.05) is 11.2 Å². The lowest BCUT2D eigenvalue weighted by Gasteiger charge is -2.20. The van der Waals surface area contributed by atoms with Crippen molar-refractivity contribution >= 4 is 21.4 Å². The van der Waals surface area contributed by atoms with Gasteiger partial charge < -0.3 is 10.3 Å². The van der Waals surface area contributed by atoms with Crippen LogP contribution in [0, 0.1) is 20.8 Å². The molecule has 108 valence electrons. The van der Waals surface area contributed by atoms with Crippen LogP contribution < -0.4 is 10.0 Å². The van der Waals surface area contributed by atoms with E-state index in [1.165, 1.54) is 11.4 Å². The number of benzene rings is 1. The molecule has 2 N–H and O–H groups in total. The molecule has 7 heteroatoms. The first kappa shape index (κ1) is 14.4. The molecule has 0 amide bonds. The Labute approximate surface area is 118 Å². The van der Waals surface area contributed by atoms with Crippen molar-refractivity contribution in [3.8, 4) is 0 Å². The number of nitrogens with zero attached hydrogens (tertiary/aromatic N) is 2. The first-order valence-electron chi connectivity index (χ1n) is 6.03. The third-order valence-electron chi connectivity index (χ3n) is 3.21. The molecule has 0 saturated heterocycles. The van der Waals surface area contributed by atoms with E-state index < -0.39 is 10.0 Å². The van der Waals surface area contributed by atoms with Crippen LogP contribution in [0.25, 0.3) is 0 Å². The Morgan fingerprint density at radius 2 is 1.90 bits per heavy atom. The van der Waals surface area contributed by atoms with Crippen LogP contribution in [0.15, 0.2) is 27.6 Å². The van der Waals surface area contributed by atoms with Crippen LogP contribution >= 0.6 is 0 Å². The maximum Gasteiger partial charge on any atom is 0.269 e. The van der Waals surface area contributed by atoms with Crippen LogP contribution in [-0.2, 0) is 10.0 Å². The number of hydrogen-bond donors (Lipinski definition) is 1. The van der Waals surface area contributed by atoms with E-state index in [1.807, 2.05) is 6.92 Å². The fraction of sp³-hybridized carbons (Fsp3) is 0.308. The predicted molar refractivity (Wildman–Crippen MR) is 77.2 cm³/mol. The molecule has 0 aliphatic carbocycles. The normalized spacial score (nSPS) is 11.6. The molecule has 0 radical (unpaired) electrons. The van der Waals surface area contributed by atoms with Crippen molar-refractivity contribution in [2.75, 3.05) is 17.1 Å². The van der Waals surface area contributed by atoms with Crippen LogP contribution in [0.2, 0.25) is 0 Å². The maximum absolute atomic E-state index is 12.6. The molecule has 1 heterocycles. The van der Waals surface area contributed by atoms with E-state index >= 15 is 0 Å². The lowest BCUT2D eigenvalue weighted by Crippen LogP contribution is -2.27. The first-order valence-corrected chi connectivity index (χ1v) is 7.47. The molecule has 0 spiro atoms. The van der Waals surface area contributed by atoms with Crippen LogP contribution in [0.1, 0.15) is 17.0 Å². The minimum Gasteiger partial charge on any atom is -0.398 e. The number of rotatable bonds is 3. The zero-order valence-corrected chi connectivity index (χ0v) is 12.7. The largest absolute Gasteiger partial charge is 0.398 e. The summed E-state index contributed by atoms with van der Waals surface area (Å²) in [5.41, 5.74) is 8.11. The van der Waals surface area contributed by atoms with Crippen LogP contribution in [0.4, 0.5) is 11.4 Å². The molecular weight excluding hydrogens is 278 g/mol. The molecule has 1 aromatic heterocycles. The van der Waals surface area contributed by atoms with Crippen molar-refractivity contribution < 1.29 is 12.9 Å². The van der Waals surface area contributed by atoms with E-state index in [0.717, 1.165) is 5.56 Å². The Bertz CT molecular complexity index is 731. The molecule has 0 aliphatic rings. The van der Waals surface area contributed by atoms with Crippen molar-refractivity contribution in [1.29, 1.82) is 0 Å². The minimum atomic E-state index is -3.72. The Morgan fingerprint density at radius 1 is 1.25 bits per heavy atom. The van der Waals surface area contributed by atoms with Crippen LogP contribution in [-0.4, -0.2) is 20.6 Å². The molecule has 0 fully saturated rings. The Balaban J connectivity index is 2.52. The summed E-state index contributed by atoms with van der Waals surface area (Å²) in [6, 6.07) is 5.12. The van der Waals surface area contributed by atoms with E-state index in [4.69, 9.17) is 10.3 Å². The third-order valence-corrected chi connectivity index (χ3v) is 5.24. The average molecular weight is 295 g/mol. The summed E-state index contributed by atoms with van der Waals surface area (Å²) in [6.45, 7) is 5.03. The molecule has 20 heavy (non-hydrogen) atoms. The van der Waals surface area contributed by atoms with Gasteiger partial charge in [-0.2, -0.15) is 0 Å². The Hall–Kier alpha value is -2.02. The number of aromatic nitrogens is 1. The van der Waals surface area contributed by atoms with Gasteiger partial charge in [0.05, 0.1) is 5.69 Å². The van der Waals surface area contributed by atoms with Gasteiger partial charge in [-0.3, -0.25) is 4.31 Å². The summed E-state index contributed by atoms with van der Waals surface area (Å²) in [6.07, 6.45) is 0. The smallest absolute Gasteiger partial charge is 0.269 e. The number of nitrogen functional groups attached to an aromatic ring is 1. The van der Waals surface area contributed by atoms with E-state index in [9.17, 15) is 8.42 Å². The van der Waals surface area contributed by atoms with Crippen molar-refractivity contribution in [2.45, 2.75) is 25.7 Å². The number of anilines is 2. The molecule has 0 atom stereocenters. The van der Waals surface area contributed by atoms with Gasteiger partial charge in [0, 0.05) is 12.7 Å². The second-order valence-corrected chi connectivity index (χ2v) is 6.57. The van der Waals surface area contributed by atoms with E-state index in [1.54, 1.807) is 32.0 Å². The van der Waals surface area contributed by atoms with Crippen molar-refractivity contribution in [2.24, 2.45) is 0 Å². The zero-order valence-electron chi connectivity index (χ0n) is 11.8. The second kappa shape index (κ2) is 4.82. The van der Waals surface area contributed by atoms with Crippen LogP contribution in [0.5, 0.6) is 0 Å². The third kappa shape index (κ3) is 2.24. The number of nitrogens with two attached hydrogens (primary N) is 1. The molecule has 1 aromatic carbocycles. The highest BCUT2D eigenvalue weighted by molar-refractivity contribution is 7.92. The fourth-order valence-corrected chi connectivity index (χ4v) is 3.42. The number of hydrogen-bond acceptors (Lipinski definition) is 5. The molecule has 0 aliphatic heterocycles. The molecule has 6 nitrogen and oxygen atoms in total. The lowest BCUT2D eigenvalue weighted by atomic mass is 10.2. The van der Waals surface area contributed by atoms with Crippen molar-refractivity contribution in [1.82, 2.24) is 5.16 Å². The van der Waals surface area contributed by atoms with Crippen LogP contribution in [0.3, 0.4) is 0 Å². The standard InChI is InChI=1S/C13H17N3O3S/c1-8-5-6-11(7-12(8)14)16(4)20(17,18)13-9(2)15-19-10(13)3/h5-7H,14H2,1-4H3. The quantitative estimate of drug-likeness (QED) is 0.875. The summed E-state index contributed by atoms with van der Waals surface area (Å²) in [7, 11) is -2.24. The highest BCUT2D eigenvalue weighted by Crippen LogP contribution is 2.28. The number of aryl methyl sites for hydroxylation is 3. The molecule has 2 aromatic rings. The van der Waals surface area contributed by atoms with E-state index in [-0.39, 0.29) is 10.7 Å². The van der Waals surface area contributed by atoms with Gasteiger partial charge in [-0.05, 0) is 38.5 Å². The Kier molecular flexibility index (Phi) is 3.47. The maximum atomic E-state index is 12.6. The molecule has 0 bridgehead atoms. The predicted octanol–water partition coefficient (Wildman–Crippen LogP) is 2.01. The monoisotopic (exact) mass is 295 g/mol. The van der Waals surface area contributed by atoms with E-state index in [0.29, 0.717) is 17.1 Å². The van der Waals surface area contributed by atoms with Gasteiger partial charge in [0.25, 0.3) is 10.0 Å². The van der Waals surface area contributed by atoms with Gasteiger partial charge in [0.1, 0.15) is 5.69 Å². The summed E-state index contributed by atoms with van der Waals surface area (Å²) in [4.78, 5) is 0.0964. The summed E-state index contributed by atoms with van der Waals surface area (Å²) < 4.78 is 31.3. The molecule has 2 rings (SSSR count). The Morgan fingerprint density at radius 3 is 2.40 bits per heavy atom. The van der Waals surface area contributed by atoms with Crippen molar-refractivity contribution in [3.05, 3.63) is 35.2 Å². The average Bonchev–Trinajstić information content (AvgIpc) is 2.72. The number of sulfonamides is 1. The SMILES string of the molecule is Cc1ccc(N(C)S(=O)(=O)c2c(C)noc2C)cc1N. The van der Waals surface area contributed by atoms with Gasteiger partial charge in [-0.25, -0.2) is 8.42 Å². The van der Waals surface area contributed by atoms with Gasteiger partial charge >= 0.3 is 0 Å². The highest BCUT2D eigenvalue weighted by Gasteiger charge is 2.29. The fourth-order valence-electron chi connectivity index (χ4n) is 1.94. The van der Waals surface area contributed by atoms with E-state index in [2.05, 4.69) is 5.16 Å². The molecule has 0 saturated carbocycles. The molecular formula is C13H17N3O3S. The summed E-state index contributed by atoms with van der Waals surface area (Å²) in [5.74, 6) is 0.273. The lowest BCUT2D eigenvalue weighted by molar-refractivity contribution is 0.390. The minimum absolute atomic E-state index is 0.0964. The highest BCUT2D eigenvalue weighted by atomic mass is 32.2. The summed E-state index contributed by atoms with van der Waals surface area (Å²) in [5, 5.41) is 3.68. The van der Waals surface area contributed by atoms with Gasteiger partial charge in [-0.15, -0.1) is 0 Å². The topological polar surface area (TPSA) is 89.4 Å². The van der Waals surface area contributed by atoms with Gasteiger partial charge in [0.15, 0.2) is 10.7 Å². The summed E-state index contributed by atoms with van der Waals surface area (Å²) >= 11 is 0. The van der Waals surface area contributed by atoms with Gasteiger partial charge in [0.2, 0.25) is 0 Å². The second-order valence-electron chi connectivity index (χ2n) is 4.67. The first-order chi connectivity index (χ1) is 9.25. The molecule has 0 unspecified atom stereocenters.